The van der Waals surface area contributed by atoms with Gasteiger partial charge in [-0.3, -0.25) is 14.4 Å². The van der Waals surface area contributed by atoms with Crippen LogP contribution in [0.15, 0.2) is 35.1 Å². The highest BCUT2D eigenvalue weighted by molar-refractivity contribution is 6.22. The van der Waals surface area contributed by atoms with Crippen molar-refractivity contribution in [3.05, 3.63) is 46.2 Å². The molecule has 0 aliphatic heterocycles. The third-order valence-electron chi connectivity index (χ3n) is 5.80. The van der Waals surface area contributed by atoms with Crippen LogP contribution < -0.4 is 5.73 Å². The van der Waals surface area contributed by atoms with Crippen LogP contribution in [-0.4, -0.2) is 43.5 Å². The number of hydrogen-bond acceptors (Lipinski definition) is 7. The highest BCUT2D eigenvalue weighted by atomic mass is 16.3. The van der Waals surface area contributed by atoms with Crippen molar-refractivity contribution in [2.24, 2.45) is 17.6 Å². The largest absolute Gasteiger partial charge is 0.508 e. The number of nitrogens with two attached hydrogens (primary N) is 1. The van der Waals surface area contributed by atoms with Crippen LogP contribution in [0.1, 0.15) is 31.4 Å². The minimum absolute atomic E-state index is 0. The Balaban J connectivity index is 0.00000225. The molecule has 1 aromatic rings. The van der Waals surface area contributed by atoms with Crippen LogP contribution in [0.4, 0.5) is 0 Å². The van der Waals surface area contributed by atoms with Gasteiger partial charge in [0.25, 0.3) is 5.91 Å². The third-order valence-corrected chi connectivity index (χ3v) is 5.80. The summed E-state index contributed by atoms with van der Waals surface area (Å²) in [7, 11) is 0. The number of Topliss-reactive ketones (excluding diaryl/α,β-unsaturated/α-hetero) is 2. The van der Waals surface area contributed by atoms with Gasteiger partial charge >= 0.3 is 0 Å². The SMILES string of the molecule is C.NC(=O)C1=C(O)[C@@]2(O)C(=O)C3=C(O)c4c(O)cccc4C[C@H]3C[C@H]2CC1=O. The van der Waals surface area contributed by atoms with Gasteiger partial charge in [-0.15, -0.1) is 0 Å². The summed E-state index contributed by atoms with van der Waals surface area (Å²) < 4.78 is 0. The molecule has 3 aliphatic rings. The van der Waals surface area contributed by atoms with Crippen molar-refractivity contribution < 1.29 is 34.8 Å². The molecule has 28 heavy (non-hydrogen) atoms. The van der Waals surface area contributed by atoms with E-state index in [1.807, 2.05) is 0 Å². The lowest BCUT2D eigenvalue weighted by Crippen LogP contribution is -2.58. The quantitative estimate of drug-likeness (QED) is 0.451. The predicted molar refractivity (Wildman–Crippen MR) is 98.1 cm³/mol. The molecule has 0 bridgehead atoms. The summed E-state index contributed by atoms with van der Waals surface area (Å²) in [5.41, 5.74) is 2.42. The molecule has 8 nitrogen and oxygen atoms in total. The Hall–Kier alpha value is -3.13. The summed E-state index contributed by atoms with van der Waals surface area (Å²) in [6, 6.07) is 4.69. The lowest BCUT2D eigenvalue weighted by molar-refractivity contribution is -0.147. The summed E-state index contributed by atoms with van der Waals surface area (Å²) in [6.45, 7) is 0. The van der Waals surface area contributed by atoms with E-state index in [2.05, 4.69) is 0 Å². The zero-order chi connectivity index (χ0) is 19.7. The van der Waals surface area contributed by atoms with E-state index < -0.39 is 52.0 Å². The van der Waals surface area contributed by atoms with E-state index in [9.17, 15) is 34.8 Å². The summed E-state index contributed by atoms with van der Waals surface area (Å²) >= 11 is 0. The minimum atomic E-state index is -2.51. The van der Waals surface area contributed by atoms with E-state index in [0.29, 0.717) is 12.0 Å². The van der Waals surface area contributed by atoms with Crippen LogP contribution in [-0.2, 0) is 20.8 Å². The second-order valence-electron chi connectivity index (χ2n) is 7.22. The monoisotopic (exact) mass is 387 g/mol. The van der Waals surface area contributed by atoms with E-state index in [1.54, 1.807) is 12.1 Å². The number of aliphatic hydroxyl groups is 3. The van der Waals surface area contributed by atoms with E-state index >= 15 is 0 Å². The number of phenols is 1. The fourth-order valence-electron chi connectivity index (χ4n) is 4.56. The molecule has 148 valence electrons. The first-order valence-corrected chi connectivity index (χ1v) is 8.46. The number of amides is 1. The fourth-order valence-corrected chi connectivity index (χ4v) is 4.56. The number of primary amides is 1. The molecule has 0 radical (unpaired) electrons. The normalized spacial score (nSPS) is 28.9. The van der Waals surface area contributed by atoms with Crippen LogP contribution >= 0.6 is 0 Å². The van der Waals surface area contributed by atoms with Gasteiger partial charge in [-0.05, 0) is 30.4 Å². The Labute approximate surface area is 160 Å². The molecule has 1 amide bonds. The molecule has 0 spiro atoms. The van der Waals surface area contributed by atoms with Gasteiger partial charge in [-0.1, -0.05) is 19.6 Å². The van der Waals surface area contributed by atoms with E-state index in [1.165, 1.54) is 6.07 Å². The standard InChI is InChI=1S/C19H17NO7.CH4/c20-18(26)14-11(22)6-9-5-8-4-7-2-1-3-10(21)12(7)15(23)13(8)16(24)19(9,27)17(14)25;/h1-3,8-9,21,23,25,27H,4-6H2,(H2,20,26);1H4/t8-,9-,19-;/m0./s1. The molecule has 0 aromatic heterocycles. The van der Waals surface area contributed by atoms with E-state index in [4.69, 9.17) is 5.73 Å². The Kier molecular flexibility index (Phi) is 4.35. The summed E-state index contributed by atoms with van der Waals surface area (Å²) in [5.74, 6) is -6.14. The zero-order valence-electron chi connectivity index (χ0n) is 14.1. The summed E-state index contributed by atoms with van der Waals surface area (Å²) in [6.07, 6.45) is 0.142. The molecular formula is C20H21NO7. The van der Waals surface area contributed by atoms with Crippen LogP contribution in [0.25, 0.3) is 5.76 Å². The van der Waals surface area contributed by atoms with Gasteiger partial charge in [-0.25, -0.2) is 0 Å². The van der Waals surface area contributed by atoms with Crippen molar-refractivity contribution in [1.29, 1.82) is 0 Å². The average molecular weight is 387 g/mol. The maximum Gasteiger partial charge on any atom is 0.255 e. The maximum atomic E-state index is 13.1. The zero-order valence-corrected chi connectivity index (χ0v) is 14.1. The first-order valence-electron chi connectivity index (χ1n) is 8.46. The number of hydrogen-bond donors (Lipinski definition) is 5. The molecule has 1 fully saturated rings. The highest BCUT2D eigenvalue weighted by Gasteiger charge is 2.60. The maximum absolute atomic E-state index is 13.1. The summed E-state index contributed by atoms with van der Waals surface area (Å²) in [4.78, 5) is 36.8. The number of aliphatic hydroxyl groups excluding tert-OH is 2. The van der Waals surface area contributed by atoms with Crippen LogP contribution in [0, 0.1) is 11.8 Å². The van der Waals surface area contributed by atoms with Crippen molar-refractivity contribution in [1.82, 2.24) is 0 Å². The first kappa shape index (κ1) is 19.6. The lowest BCUT2D eigenvalue weighted by Gasteiger charge is -2.46. The lowest BCUT2D eigenvalue weighted by atomic mass is 9.59. The molecule has 1 saturated carbocycles. The number of ketones is 2. The molecule has 0 saturated heterocycles. The second-order valence-corrected chi connectivity index (χ2v) is 7.22. The molecule has 0 heterocycles. The van der Waals surface area contributed by atoms with Crippen LogP contribution in [0.3, 0.4) is 0 Å². The highest BCUT2D eigenvalue weighted by Crippen LogP contribution is 2.51. The van der Waals surface area contributed by atoms with Crippen molar-refractivity contribution in [2.45, 2.75) is 32.3 Å². The van der Waals surface area contributed by atoms with Gasteiger partial charge in [0, 0.05) is 17.9 Å². The van der Waals surface area contributed by atoms with Crippen molar-refractivity contribution >= 4 is 23.2 Å². The van der Waals surface area contributed by atoms with Gasteiger partial charge in [-0.2, -0.15) is 0 Å². The third kappa shape index (κ3) is 2.31. The molecular weight excluding hydrogens is 366 g/mol. The van der Waals surface area contributed by atoms with Crippen molar-refractivity contribution in [3.8, 4) is 5.75 Å². The molecule has 1 aromatic carbocycles. The molecule has 8 heteroatoms. The number of fused-ring (bicyclic) bond motifs is 3. The van der Waals surface area contributed by atoms with Crippen molar-refractivity contribution in [3.63, 3.8) is 0 Å². The number of aromatic hydroxyl groups is 1. The van der Waals surface area contributed by atoms with E-state index in [-0.39, 0.29) is 37.2 Å². The number of carbonyl (C=O) groups is 3. The predicted octanol–water partition coefficient (Wildman–Crippen LogP) is 1.06. The van der Waals surface area contributed by atoms with Crippen molar-refractivity contribution in [2.75, 3.05) is 0 Å². The molecule has 3 atom stereocenters. The van der Waals surface area contributed by atoms with Gasteiger partial charge in [0.2, 0.25) is 5.78 Å². The van der Waals surface area contributed by atoms with E-state index in [0.717, 1.165) is 0 Å². The Morgan fingerprint density at radius 2 is 1.82 bits per heavy atom. The number of rotatable bonds is 1. The molecule has 4 rings (SSSR count). The molecule has 6 N–H and O–H groups in total. The molecule has 0 unspecified atom stereocenters. The first-order chi connectivity index (χ1) is 12.7. The fraction of sp³-hybridized carbons (Fsp3) is 0.350. The Bertz CT molecular complexity index is 990. The topological polar surface area (TPSA) is 158 Å². The minimum Gasteiger partial charge on any atom is -0.508 e. The van der Waals surface area contributed by atoms with Gasteiger partial charge in [0.1, 0.15) is 22.8 Å². The molecule has 3 aliphatic carbocycles. The number of benzene rings is 1. The Morgan fingerprint density at radius 1 is 1.14 bits per heavy atom. The van der Waals surface area contributed by atoms with Crippen LogP contribution in [0.2, 0.25) is 0 Å². The smallest absolute Gasteiger partial charge is 0.255 e. The van der Waals surface area contributed by atoms with Gasteiger partial charge in [0.05, 0.1) is 5.56 Å². The summed E-state index contributed by atoms with van der Waals surface area (Å²) in [5, 5.41) is 42.1. The van der Waals surface area contributed by atoms with Gasteiger partial charge < -0.3 is 26.2 Å². The average Bonchev–Trinajstić information content (AvgIpc) is 2.57. The number of phenolic OH excluding ortho intramolecular Hbond substituents is 1. The van der Waals surface area contributed by atoms with Crippen LogP contribution in [0.5, 0.6) is 5.75 Å². The Morgan fingerprint density at radius 3 is 2.46 bits per heavy atom. The van der Waals surface area contributed by atoms with Gasteiger partial charge in [0.15, 0.2) is 11.4 Å². The number of carbonyl (C=O) groups excluding carboxylic acids is 3. The second kappa shape index (κ2) is 6.20.